The Morgan fingerprint density at radius 1 is 1.41 bits per heavy atom. The number of hydrogen-bond acceptors (Lipinski definition) is 5. The molecule has 1 fully saturated rings. The van der Waals surface area contributed by atoms with Gasteiger partial charge in [0.15, 0.2) is 5.96 Å². The van der Waals surface area contributed by atoms with Gasteiger partial charge in [-0.3, -0.25) is 9.79 Å². The number of ether oxygens (including phenoxy) is 1. The number of halogens is 1. The first-order chi connectivity index (χ1) is 12.6. The van der Waals surface area contributed by atoms with Gasteiger partial charge < -0.3 is 20.3 Å². The highest BCUT2D eigenvalue weighted by atomic mass is 127. The maximum absolute atomic E-state index is 12.1. The largest absolute Gasteiger partial charge is 0.381 e. The number of amides is 1. The minimum Gasteiger partial charge on any atom is -0.381 e. The number of nitrogens with one attached hydrogen (secondary N) is 2. The summed E-state index contributed by atoms with van der Waals surface area (Å²) in [7, 11) is 2.07. The van der Waals surface area contributed by atoms with Crippen LogP contribution < -0.4 is 10.6 Å². The molecule has 0 aliphatic carbocycles. The van der Waals surface area contributed by atoms with Crippen LogP contribution in [0.15, 0.2) is 10.5 Å². The molecule has 0 radical (unpaired) electrons. The summed E-state index contributed by atoms with van der Waals surface area (Å²) in [6.07, 6.45) is 3.47. The first kappa shape index (κ1) is 24.1. The third kappa shape index (κ3) is 8.30. The van der Waals surface area contributed by atoms with Crippen LogP contribution in [-0.2, 0) is 4.74 Å². The van der Waals surface area contributed by atoms with Crippen molar-refractivity contribution in [1.82, 2.24) is 20.5 Å². The normalized spacial score (nSPS) is 15.1. The van der Waals surface area contributed by atoms with Crippen molar-refractivity contribution in [3.05, 3.63) is 16.1 Å². The average molecular weight is 509 g/mol. The third-order valence-electron chi connectivity index (χ3n) is 4.52. The van der Waals surface area contributed by atoms with Crippen molar-refractivity contribution in [3.8, 4) is 0 Å². The molecule has 1 amide bonds. The zero-order chi connectivity index (χ0) is 18.8. The van der Waals surface area contributed by atoms with Crippen LogP contribution in [0.3, 0.4) is 0 Å². The molecule has 0 saturated carbocycles. The second kappa shape index (κ2) is 13.3. The summed E-state index contributed by atoms with van der Waals surface area (Å²) in [5.74, 6) is 1.57. The number of guanidine groups is 1. The highest BCUT2D eigenvalue weighted by Gasteiger charge is 2.15. The second-order valence-electron chi connectivity index (χ2n) is 6.52. The van der Waals surface area contributed by atoms with Crippen molar-refractivity contribution >= 4 is 47.2 Å². The fraction of sp³-hybridized carbons (Fsp3) is 0.722. The van der Waals surface area contributed by atoms with Crippen LogP contribution >= 0.6 is 35.3 Å². The summed E-state index contributed by atoms with van der Waals surface area (Å²) in [4.78, 5) is 23.7. The molecule has 0 unspecified atom stereocenters. The molecular formula is C18H32IN5O2S. The molecule has 1 aliphatic heterocycles. The fourth-order valence-corrected chi connectivity index (χ4v) is 3.64. The molecule has 27 heavy (non-hydrogen) atoms. The van der Waals surface area contributed by atoms with Crippen LogP contribution in [0.1, 0.15) is 41.6 Å². The molecule has 1 aliphatic rings. The molecule has 0 atom stereocenters. The van der Waals surface area contributed by atoms with Gasteiger partial charge in [-0.1, -0.05) is 0 Å². The summed E-state index contributed by atoms with van der Waals surface area (Å²) in [6, 6.07) is 0. The lowest BCUT2D eigenvalue weighted by Crippen LogP contribution is -2.40. The highest BCUT2D eigenvalue weighted by Crippen LogP contribution is 2.18. The summed E-state index contributed by atoms with van der Waals surface area (Å²) >= 11 is 1.37. The minimum absolute atomic E-state index is 0. The van der Waals surface area contributed by atoms with Crippen LogP contribution in [0.4, 0.5) is 0 Å². The number of rotatable bonds is 8. The number of aliphatic imine (C=N–C) groups is 1. The van der Waals surface area contributed by atoms with E-state index >= 15 is 0 Å². The molecule has 1 saturated heterocycles. The predicted octanol–water partition coefficient (Wildman–Crippen LogP) is 2.51. The number of aromatic nitrogens is 1. The van der Waals surface area contributed by atoms with Crippen LogP contribution in [-0.4, -0.2) is 68.2 Å². The third-order valence-corrected chi connectivity index (χ3v) is 5.45. The second-order valence-corrected chi connectivity index (χ2v) is 7.38. The Morgan fingerprint density at radius 2 is 2.15 bits per heavy atom. The van der Waals surface area contributed by atoms with Gasteiger partial charge >= 0.3 is 0 Å². The number of nitrogens with zero attached hydrogens (tertiary/aromatic N) is 3. The molecule has 2 rings (SSSR count). The Balaban J connectivity index is 0.00000364. The lowest BCUT2D eigenvalue weighted by atomic mass is 9.96. The highest BCUT2D eigenvalue weighted by molar-refractivity contribution is 14.0. The SMILES string of the molecule is CCNC(=NCCNC(=O)c1scnc1C)N(C)CCC1CCOCC1.I. The molecule has 7 nitrogen and oxygen atoms in total. The summed E-state index contributed by atoms with van der Waals surface area (Å²) < 4.78 is 5.42. The number of thiazole rings is 1. The van der Waals surface area contributed by atoms with Gasteiger partial charge in [0.1, 0.15) is 4.88 Å². The van der Waals surface area contributed by atoms with Crippen LogP contribution in [0.2, 0.25) is 0 Å². The van der Waals surface area contributed by atoms with Crippen molar-refractivity contribution in [2.45, 2.75) is 33.1 Å². The topological polar surface area (TPSA) is 78.8 Å². The lowest BCUT2D eigenvalue weighted by molar-refractivity contribution is 0.0625. The fourth-order valence-electron chi connectivity index (χ4n) is 2.92. The average Bonchev–Trinajstić information content (AvgIpc) is 3.09. The molecule has 0 bridgehead atoms. The summed E-state index contributed by atoms with van der Waals surface area (Å²) in [5.41, 5.74) is 2.47. The van der Waals surface area contributed by atoms with Crippen molar-refractivity contribution in [2.24, 2.45) is 10.9 Å². The van der Waals surface area contributed by atoms with Gasteiger partial charge in [-0.15, -0.1) is 35.3 Å². The van der Waals surface area contributed by atoms with E-state index in [0.717, 1.165) is 63.1 Å². The maximum Gasteiger partial charge on any atom is 0.263 e. The van der Waals surface area contributed by atoms with Crippen LogP contribution in [0.25, 0.3) is 0 Å². The van der Waals surface area contributed by atoms with E-state index in [2.05, 4.69) is 39.5 Å². The molecule has 9 heteroatoms. The van der Waals surface area contributed by atoms with E-state index < -0.39 is 0 Å². The Hall–Kier alpha value is -0.940. The van der Waals surface area contributed by atoms with E-state index in [1.54, 1.807) is 5.51 Å². The predicted molar refractivity (Wildman–Crippen MR) is 121 cm³/mol. The van der Waals surface area contributed by atoms with Crippen molar-refractivity contribution in [1.29, 1.82) is 0 Å². The van der Waals surface area contributed by atoms with E-state index in [9.17, 15) is 4.79 Å². The molecule has 154 valence electrons. The quantitative estimate of drug-likeness (QED) is 0.244. The number of aryl methyl sites for hydroxylation is 1. The molecule has 2 heterocycles. The molecular weight excluding hydrogens is 477 g/mol. The standard InChI is InChI=1S/C18H31N5O2S.HI/c1-4-19-18(23(3)10-5-15-6-11-25-12-7-15)21-9-8-20-17(24)16-14(2)22-13-26-16;/h13,15H,4-12H2,1-3H3,(H,19,21)(H,20,24);1H. The van der Waals surface area contributed by atoms with Gasteiger partial charge in [0.25, 0.3) is 5.91 Å². The van der Waals surface area contributed by atoms with Gasteiger partial charge in [-0.05, 0) is 39.0 Å². The Bertz CT molecular complexity index is 590. The molecule has 2 N–H and O–H groups in total. The summed E-state index contributed by atoms with van der Waals surface area (Å²) in [5, 5.41) is 6.24. The molecule has 1 aromatic heterocycles. The lowest BCUT2D eigenvalue weighted by Gasteiger charge is -2.26. The van der Waals surface area contributed by atoms with Crippen molar-refractivity contribution in [2.75, 3.05) is 46.4 Å². The first-order valence-electron chi connectivity index (χ1n) is 9.37. The minimum atomic E-state index is -0.0712. The number of carbonyl (C=O) groups is 1. The van der Waals surface area contributed by atoms with Gasteiger partial charge in [0, 0.05) is 39.9 Å². The summed E-state index contributed by atoms with van der Waals surface area (Å²) in [6.45, 7) is 8.56. The smallest absolute Gasteiger partial charge is 0.263 e. The van der Waals surface area contributed by atoms with E-state index in [1.807, 2.05) is 6.92 Å². The van der Waals surface area contributed by atoms with E-state index in [4.69, 9.17) is 4.74 Å². The van der Waals surface area contributed by atoms with E-state index in [1.165, 1.54) is 11.3 Å². The zero-order valence-corrected chi connectivity index (χ0v) is 19.6. The molecule has 0 aromatic carbocycles. The number of carbonyl (C=O) groups excluding carboxylic acids is 1. The zero-order valence-electron chi connectivity index (χ0n) is 16.5. The molecule has 0 spiro atoms. The van der Waals surface area contributed by atoms with Crippen molar-refractivity contribution < 1.29 is 9.53 Å². The van der Waals surface area contributed by atoms with Gasteiger partial charge in [0.05, 0.1) is 17.7 Å². The van der Waals surface area contributed by atoms with Gasteiger partial charge in [-0.25, -0.2) is 4.98 Å². The Labute approximate surface area is 183 Å². The van der Waals surface area contributed by atoms with Gasteiger partial charge in [0.2, 0.25) is 0 Å². The van der Waals surface area contributed by atoms with Crippen LogP contribution in [0.5, 0.6) is 0 Å². The molecule has 1 aromatic rings. The van der Waals surface area contributed by atoms with Crippen LogP contribution in [0, 0.1) is 12.8 Å². The van der Waals surface area contributed by atoms with Gasteiger partial charge in [-0.2, -0.15) is 0 Å². The van der Waals surface area contributed by atoms with E-state index in [-0.39, 0.29) is 29.9 Å². The monoisotopic (exact) mass is 509 g/mol. The maximum atomic E-state index is 12.1. The first-order valence-corrected chi connectivity index (χ1v) is 10.2. The van der Waals surface area contributed by atoms with E-state index in [0.29, 0.717) is 18.0 Å². The Kier molecular flexibility index (Phi) is 11.8. The van der Waals surface area contributed by atoms with Crippen molar-refractivity contribution in [3.63, 3.8) is 0 Å². The Morgan fingerprint density at radius 3 is 2.78 bits per heavy atom. The number of hydrogen-bond donors (Lipinski definition) is 2.